The second kappa shape index (κ2) is 5.42. The second-order valence-corrected chi connectivity index (χ2v) is 5.35. The molecule has 0 aromatic carbocycles. The Bertz CT molecular complexity index is 376. The molecule has 1 N–H and O–H groups in total. The van der Waals surface area contributed by atoms with Crippen LogP contribution in [-0.4, -0.2) is 11.5 Å². The van der Waals surface area contributed by atoms with E-state index in [0.29, 0.717) is 0 Å². The molecule has 3 nitrogen and oxygen atoms in total. The van der Waals surface area contributed by atoms with Crippen LogP contribution in [0.5, 0.6) is 0 Å². The predicted molar refractivity (Wildman–Crippen MR) is 67.5 cm³/mol. The van der Waals surface area contributed by atoms with Gasteiger partial charge in [-0.3, -0.25) is 0 Å². The standard InChI is InChI=1S/C12H19N3S/c1-5-6-14-9(2)10-7-16-11(15-10)12(3,4)8-13/h7,9,14H,5-6H2,1-4H3. The maximum atomic E-state index is 9.04. The highest BCUT2D eigenvalue weighted by Crippen LogP contribution is 2.27. The Hall–Kier alpha value is -0.920. The summed E-state index contributed by atoms with van der Waals surface area (Å²) in [7, 11) is 0. The van der Waals surface area contributed by atoms with Crippen LogP contribution in [-0.2, 0) is 5.41 Å². The fraction of sp³-hybridized carbons (Fsp3) is 0.667. The highest BCUT2D eigenvalue weighted by Gasteiger charge is 2.24. The number of nitriles is 1. The van der Waals surface area contributed by atoms with Crippen molar-refractivity contribution >= 4 is 11.3 Å². The Kier molecular flexibility index (Phi) is 4.45. The van der Waals surface area contributed by atoms with Gasteiger partial charge < -0.3 is 5.32 Å². The largest absolute Gasteiger partial charge is 0.309 e. The lowest BCUT2D eigenvalue weighted by atomic mass is 9.97. The maximum Gasteiger partial charge on any atom is 0.113 e. The molecule has 88 valence electrons. The zero-order valence-corrected chi connectivity index (χ0v) is 11.2. The van der Waals surface area contributed by atoms with E-state index in [2.05, 4.69) is 30.2 Å². The highest BCUT2D eigenvalue weighted by molar-refractivity contribution is 7.09. The van der Waals surface area contributed by atoms with E-state index in [0.717, 1.165) is 23.7 Å². The summed E-state index contributed by atoms with van der Waals surface area (Å²) in [4.78, 5) is 4.54. The molecule has 0 amide bonds. The molecule has 1 heterocycles. The molecule has 0 bridgehead atoms. The third kappa shape index (κ3) is 3.03. The van der Waals surface area contributed by atoms with Crippen LogP contribution >= 0.6 is 11.3 Å². The van der Waals surface area contributed by atoms with E-state index in [1.165, 1.54) is 0 Å². The van der Waals surface area contributed by atoms with Crippen molar-refractivity contribution in [3.63, 3.8) is 0 Å². The Balaban J connectivity index is 2.76. The van der Waals surface area contributed by atoms with E-state index < -0.39 is 5.41 Å². The average Bonchev–Trinajstić information content (AvgIpc) is 2.75. The van der Waals surface area contributed by atoms with Crippen LogP contribution in [0.1, 0.15) is 50.9 Å². The van der Waals surface area contributed by atoms with Crippen molar-refractivity contribution in [2.75, 3.05) is 6.54 Å². The number of thiazole rings is 1. The van der Waals surface area contributed by atoms with Gasteiger partial charge in [-0.15, -0.1) is 11.3 Å². The van der Waals surface area contributed by atoms with Crippen LogP contribution in [0.15, 0.2) is 5.38 Å². The maximum absolute atomic E-state index is 9.04. The van der Waals surface area contributed by atoms with Crippen LogP contribution in [0.3, 0.4) is 0 Å². The quantitative estimate of drug-likeness (QED) is 0.856. The SMILES string of the molecule is CCCNC(C)c1csc(C(C)(C)C#N)n1. The number of nitrogens with zero attached hydrogens (tertiary/aromatic N) is 2. The van der Waals surface area contributed by atoms with Crippen LogP contribution in [0.25, 0.3) is 0 Å². The molecule has 1 aromatic rings. The van der Waals surface area contributed by atoms with Crippen molar-refractivity contribution in [3.05, 3.63) is 16.1 Å². The first kappa shape index (κ1) is 13.1. The van der Waals surface area contributed by atoms with E-state index in [4.69, 9.17) is 5.26 Å². The summed E-state index contributed by atoms with van der Waals surface area (Å²) in [5, 5.41) is 15.4. The van der Waals surface area contributed by atoms with Gasteiger partial charge in [-0.1, -0.05) is 6.92 Å². The summed E-state index contributed by atoms with van der Waals surface area (Å²) in [6, 6.07) is 2.54. The monoisotopic (exact) mass is 237 g/mol. The fourth-order valence-corrected chi connectivity index (χ4v) is 2.27. The lowest BCUT2D eigenvalue weighted by molar-refractivity contribution is 0.556. The minimum atomic E-state index is -0.479. The summed E-state index contributed by atoms with van der Waals surface area (Å²) in [6.07, 6.45) is 1.12. The summed E-state index contributed by atoms with van der Waals surface area (Å²) < 4.78 is 0. The Morgan fingerprint density at radius 3 is 2.88 bits per heavy atom. The van der Waals surface area contributed by atoms with Crippen LogP contribution in [0.4, 0.5) is 0 Å². The molecule has 0 aliphatic rings. The van der Waals surface area contributed by atoms with E-state index in [9.17, 15) is 0 Å². The molecule has 1 atom stereocenters. The Morgan fingerprint density at radius 1 is 1.62 bits per heavy atom. The van der Waals surface area contributed by atoms with Crippen molar-refractivity contribution in [1.82, 2.24) is 10.3 Å². The molecule has 4 heteroatoms. The lowest BCUT2D eigenvalue weighted by Crippen LogP contribution is -2.20. The third-order valence-electron chi connectivity index (χ3n) is 2.48. The van der Waals surface area contributed by atoms with E-state index in [1.807, 2.05) is 19.2 Å². The van der Waals surface area contributed by atoms with Crippen molar-refractivity contribution in [2.24, 2.45) is 0 Å². The normalized spacial score (nSPS) is 13.4. The molecule has 1 rings (SSSR count). The first-order valence-electron chi connectivity index (χ1n) is 5.61. The van der Waals surface area contributed by atoms with Crippen LogP contribution in [0, 0.1) is 11.3 Å². The van der Waals surface area contributed by atoms with Gasteiger partial charge in [-0.2, -0.15) is 5.26 Å². The van der Waals surface area contributed by atoms with Gasteiger partial charge in [0.25, 0.3) is 0 Å². The van der Waals surface area contributed by atoms with Crippen LogP contribution < -0.4 is 5.32 Å². The first-order chi connectivity index (χ1) is 7.51. The van der Waals surface area contributed by atoms with Crippen molar-refractivity contribution in [3.8, 4) is 6.07 Å². The lowest BCUT2D eigenvalue weighted by Gasteiger charge is -2.12. The van der Waals surface area contributed by atoms with Crippen molar-refractivity contribution < 1.29 is 0 Å². The second-order valence-electron chi connectivity index (χ2n) is 4.49. The number of aromatic nitrogens is 1. The molecule has 1 aromatic heterocycles. The topological polar surface area (TPSA) is 48.7 Å². The molecule has 0 fully saturated rings. The molecule has 0 saturated heterocycles. The Morgan fingerprint density at radius 2 is 2.31 bits per heavy atom. The number of rotatable bonds is 5. The molecule has 0 radical (unpaired) electrons. The molecule has 0 aliphatic heterocycles. The minimum absolute atomic E-state index is 0.263. The van der Waals surface area contributed by atoms with E-state index >= 15 is 0 Å². The molecule has 0 aliphatic carbocycles. The number of nitrogens with one attached hydrogen (secondary N) is 1. The Labute approximate surface area is 102 Å². The predicted octanol–water partition coefficient (Wildman–Crippen LogP) is 3.00. The van der Waals surface area contributed by atoms with Gasteiger partial charge in [0.15, 0.2) is 0 Å². The summed E-state index contributed by atoms with van der Waals surface area (Å²) in [5.41, 5.74) is 0.560. The summed E-state index contributed by atoms with van der Waals surface area (Å²) in [5.74, 6) is 0. The van der Waals surface area contributed by atoms with Crippen LogP contribution in [0.2, 0.25) is 0 Å². The molecular weight excluding hydrogens is 218 g/mol. The molecular formula is C12H19N3S. The molecule has 16 heavy (non-hydrogen) atoms. The summed E-state index contributed by atoms with van der Waals surface area (Å²) >= 11 is 1.57. The van der Waals surface area contributed by atoms with Gasteiger partial charge in [0, 0.05) is 11.4 Å². The zero-order valence-electron chi connectivity index (χ0n) is 10.4. The van der Waals surface area contributed by atoms with Gasteiger partial charge >= 0.3 is 0 Å². The molecule has 1 unspecified atom stereocenters. The van der Waals surface area contributed by atoms with Gasteiger partial charge in [0.1, 0.15) is 10.4 Å². The highest BCUT2D eigenvalue weighted by atomic mass is 32.1. The average molecular weight is 237 g/mol. The minimum Gasteiger partial charge on any atom is -0.309 e. The summed E-state index contributed by atoms with van der Waals surface area (Å²) in [6.45, 7) is 9.05. The molecule has 0 saturated carbocycles. The van der Waals surface area contributed by atoms with Gasteiger partial charge in [-0.25, -0.2) is 4.98 Å². The number of hydrogen-bond donors (Lipinski definition) is 1. The first-order valence-corrected chi connectivity index (χ1v) is 6.49. The van der Waals surface area contributed by atoms with E-state index in [1.54, 1.807) is 11.3 Å². The zero-order chi connectivity index (χ0) is 12.2. The van der Waals surface area contributed by atoms with Gasteiger partial charge in [0.05, 0.1) is 11.8 Å². The van der Waals surface area contributed by atoms with Crippen molar-refractivity contribution in [1.29, 1.82) is 5.26 Å². The number of hydrogen-bond acceptors (Lipinski definition) is 4. The van der Waals surface area contributed by atoms with Gasteiger partial charge in [-0.05, 0) is 33.7 Å². The third-order valence-corrected chi connectivity index (χ3v) is 3.66. The van der Waals surface area contributed by atoms with E-state index in [-0.39, 0.29) is 6.04 Å². The van der Waals surface area contributed by atoms with Crippen molar-refractivity contribution in [2.45, 2.75) is 45.6 Å². The fourth-order valence-electron chi connectivity index (χ4n) is 1.29. The smallest absolute Gasteiger partial charge is 0.113 e. The molecule has 0 spiro atoms. The van der Waals surface area contributed by atoms with Gasteiger partial charge in [0.2, 0.25) is 0 Å².